The first-order valence-corrected chi connectivity index (χ1v) is 9.45. The molecule has 1 fully saturated rings. The van der Waals surface area contributed by atoms with Crippen molar-refractivity contribution in [3.8, 4) is 11.5 Å². The van der Waals surface area contributed by atoms with Gasteiger partial charge in [0.2, 0.25) is 0 Å². The van der Waals surface area contributed by atoms with E-state index in [1.807, 2.05) is 42.5 Å². The molecule has 26 heavy (non-hydrogen) atoms. The van der Waals surface area contributed by atoms with Gasteiger partial charge in [0.25, 0.3) is 0 Å². The Balaban J connectivity index is 1.81. The summed E-state index contributed by atoms with van der Waals surface area (Å²) in [5.74, 6) is 1.62. The van der Waals surface area contributed by atoms with Crippen molar-refractivity contribution in [2.24, 2.45) is 0 Å². The Morgan fingerprint density at radius 2 is 1.81 bits per heavy atom. The number of hydrogen-bond acceptors (Lipinski definition) is 3. The Morgan fingerprint density at radius 1 is 1.08 bits per heavy atom. The van der Waals surface area contributed by atoms with E-state index in [2.05, 4.69) is 16.3 Å². The number of rotatable bonds is 6. The lowest BCUT2D eigenvalue weighted by Gasteiger charge is -2.32. The van der Waals surface area contributed by atoms with Crippen LogP contribution in [0.5, 0.6) is 11.5 Å². The van der Waals surface area contributed by atoms with Crippen LogP contribution in [-0.2, 0) is 6.54 Å². The fourth-order valence-electron chi connectivity index (χ4n) is 3.47. The molecule has 0 amide bonds. The van der Waals surface area contributed by atoms with Gasteiger partial charge in [-0.25, -0.2) is 0 Å². The second kappa shape index (κ2) is 8.90. The molecule has 1 N–H and O–H groups in total. The third-order valence-corrected chi connectivity index (χ3v) is 5.22. The molecule has 4 nitrogen and oxygen atoms in total. The second-order valence-electron chi connectivity index (χ2n) is 6.54. The van der Waals surface area contributed by atoms with E-state index in [-0.39, 0.29) is 0 Å². The number of benzene rings is 2. The van der Waals surface area contributed by atoms with Gasteiger partial charge in [-0.3, -0.25) is 0 Å². The lowest BCUT2D eigenvalue weighted by molar-refractivity contribution is 0.304. The van der Waals surface area contributed by atoms with Crippen LogP contribution >= 0.6 is 12.2 Å². The lowest BCUT2D eigenvalue weighted by Crippen LogP contribution is -2.41. The van der Waals surface area contributed by atoms with Gasteiger partial charge in [-0.2, -0.15) is 0 Å². The predicted molar refractivity (Wildman–Crippen MR) is 110 cm³/mol. The molecular formula is C21H26N2O2S. The summed E-state index contributed by atoms with van der Waals surface area (Å²) in [7, 11) is 3.36. The molecule has 1 aliphatic rings. The number of anilines is 1. The normalized spacial score (nSPS) is 14.1. The van der Waals surface area contributed by atoms with Gasteiger partial charge in [0.05, 0.1) is 14.2 Å². The highest BCUT2D eigenvalue weighted by Crippen LogP contribution is 2.30. The molecular weight excluding hydrogens is 344 g/mol. The summed E-state index contributed by atoms with van der Waals surface area (Å²) in [4.78, 5) is 2.31. The number of para-hydroxylation sites is 1. The van der Waals surface area contributed by atoms with Gasteiger partial charge in [-0.05, 0) is 49.3 Å². The molecule has 1 aliphatic carbocycles. The second-order valence-corrected chi connectivity index (χ2v) is 6.93. The maximum absolute atomic E-state index is 5.77. The topological polar surface area (TPSA) is 33.7 Å². The molecule has 0 unspecified atom stereocenters. The van der Waals surface area contributed by atoms with Crippen LogP contribution in [0.2, 0.25) is 0 Å². The van der Waals surface area contributed by atoms with Crippen molar-refractivity contribution in [1.29, 1.82) is 0 Å². The molecule has 1 saturated carbocycles. The van der Waals surface area contributed by atoms with Crippen LogP contribution in [-0.4, -0.2) is 30.3 Å². The van der Waals surface area contributed by atoms with E-state index in [9.17, 15) is 0 Å². The average Bonchev–Trinajstić information content (AvgIpc) is 3.21. The first-order chi connectivity index (χ1) is 12.7. The fraction of sp³-hybridized carbons (Fsp3) is 0.381. The molecule has 0 bridgehead atoms. The summed E-state index contributed by atoms with van der Waals surface area (Å²) in [5, 5.41) is 4.16. The maximum atomic E-state index is 5.77. The zero-order chi connectivity index (χ0) is 18.4. The van der Waals surface area contributed by atoms with Crippen LogP contribution in [0.25, 0.3) is 0 Å². The Morgan fingerprint density at radius 3 is 2.46 bits per heavy atom. The molecule has 2 aromatic rings. The monoisotopic (exact) mass is 370 g/mol. The smallest absolute Gasteiger partial charge is 0.173 e. The first-order valence-electron chi connectivity index (χ1n) is 9.05. The van der Waals surface area contributed by atoms with Crippen LogP contribution < -0.4 is 14.8 Å². The molecule has 0 spiro atoms. The highest BCUT2D eigenvalue weighted by Gasteiger charge is 2.25. The van der Waals surface area contributed by atoms with Crippen LogP contribution in [0, 0.1) is 0 Å². The number of methoxy groups -OCH3 is 2. The minimum Gasteiger partial charge on any atom is -0.497 e. The Labute approximate surface area is 161 Å². The number of nitrogens with zero attached hydrogens (tertiary/aromatic N) is 1. The fourth-order valence-corrected chi connectivity index (χ4v) is 3.80. The highest BCUT2D eigenvalue weighted by molar-refractivity contribution is 7.80. The largest absolute Gasteiger partial charge is 0.497 e. The van der Waals surface area contributed by atoms with Gasteiger partial charge < -0.3 is 19.7 Å². The number of thiocarbonyl (C=S) groups is 1. The third kappa shape index (κ3) is 4.47. The summed E-state index contributed by atoms with van der Waals surface area (Å²) in [6, 6.07) is 16.5. The minimum atomic E-state index is 0.463. The van der Waals surface area contributed by atoms with Gasteiger partial charge in [0.15, 0.2) is 5.11 Å². The molecule has 138 valence electrons. The molecule has 0 atom stereocenters. The van der Waals surface area contributed by atoms with Gasteiger partial charge in [0, 0.05) is 29.9 Å². The molecule has 0 heterocycles. The van der Waals surface area contributed by atoms with Crippen LogP contribution in [0.4, 0.5) is 5.69 Å². The average molecular weight is 371 g/mol. The van der Waals surface area contributed by atoms with Crippen molar-refractivity contribution < 1.29 is 9.47 Å². The standard InChI is InChI=1S/C21H26N2O2S/c1-24-19-13-12-16(20(14-19)25-2)15-23(18-10-6-7-11-18)21(26)22-17-8-4-3-5-9-17/h3-5,8-9,12-14,18H,6-7,10-11,15H2,1-2H3,(H,22,26). The van der Waals surface area contributed by atoms with Crippen LogP contribution in [0.1, 0.15) is 31.2 Å². The molecule has 2 aromatic carbocycles. The van der Waals surface area contributed by atoms with E-state index in [1.54, 1.807) is 14.2 Å². The summed E-state index contributed by atoms with van der Waals surface area (Å²) >= 11 is 5.77. The van der Waals surface area contributed by atoms with E-state index in [1.165, 1.54) is 25.7 Å². The molecule has 0 aromatic heterocycles. The Kier molecular flexibility index (Phi) is 6.34. The van der Waals surface area contributed by atoms with Gasteiger partial charge in [0.1, 0.15) is 11.5 Å². The van der Waals surface area contributed by atoms with Crippen molar-refractivity contribution in [1.82, 2.24) is 4.90 Å². The van der Waals surface area contributed by atoms with Crippen molar-refractivity contribution in [3.63, 3.8) is 0 Å². The molecule has 3 rings (SSSR count). The van der Waals surface area contributed by atoms with Crippen molar-refractivity contribution in [2.45, 2.75) is 38.3 Å². The Bertz CT molecular complexity index is 730. The first kappa shape index (κ1) is 18.5. The summed E-state index contributed by atoms with van der Waals surface area (Å²) in [5.41, 5.74) is 2.12. The maximum Gasteiger partial charge on any atom is 0.173 e. The lowest BCUT2D eigenvalue weighted by atomic mass is 10.1. The number of nitrogens with one attached hydrogen (secondary N) is 1. The third-order valence-electron chi connectivity index (χ3n) is 4.89. The minimum absolute atomic E-state index is 0.463. The number of hydrogen-bond donors (Lipinski definition) is 1. The van der Waals surface area contributed by atoms with Gasteiger partial charge in [-0.1, -0.05) is 31.0 Å². The van der Waals surface area contributed by atoms with Crippen LogP contribution in [0.15, 0.2) is 48.5 Å². The van der Waals surface area contributed by atoms with E-state index in [0.717, 1.165) is 34.4 Å². The molecule has 0 saturated heterocycles. The predicted octanol–water partition coefficient (Wildman–Crippen LogP) is 4.85. The van der Waals surface area contributed by atoms with Gasteiger partial charge in [-0.15, -0.1) is 0 Å². The van der Waals surface area contributed by atoms with E-state index >= 15 is 0 Å². The molecule has 0 aliphatic heterocycles. The van der Waals surface area contributed by atoms with Crippen LogP contribution in [0.3, 0.4) is 0 Å². The SMILES string of the molecule is COc1ccc(CN(C(=S)Nc2ccccc2)C2CCCC2)c(OC)c1. The van der Waals surface area contributed by atoms with Crippen molar-refractivity contribution in [3.05, 3.63) is 54.1 Å². The zero-order valence-corrected chi connectivity index (χ0v) is 16.2. The molecule has 5 heteroatoms. The quantitative estimate of drug-likeness (QED) is 0.736. The van der Waals surface area contributed by atoms with E-state index in [0.29, 0.717) is 6.04 Å². The summed E-state index contributed by atoms with van der Waals surface area (Å²) in [6.45, 7) is 0.719. The summed E-state index contributed by atoms with van der Waals surface area (Å²) in [6.07, 6.45) is 4.87. The zero-order valence-electron chi connectivity index (χ0n) is 15.4. The summed E-state index contributed by atoms with van der Waals surface area (Å²) < 4.78 is 10.9. The van der Waals surface area contributed by atoms with E-state index in [4.69, 9.17) is 21.7 Å². The highest BCUT2D eigenvalue weighted by atomic mass is 32.1. The van der Waals surface area contributed by atoms with E-state index < -0.39 is 0 Å². The van der Waals surface area contributed by atoms with Crippen molar-refractivity contribution in [2.75, 3.05) is 19.5 Å². The Hall–Kier alpha value is -2.27. The van der Waals surface area contributed by atoms with Crippen molar-refractivity contribution >= 4 is 23.0 Å². The van der Waals surface area contributed by atoms with Gasteiger partial charge >= 0.3 is 0 Å². The number of ether oxygens (including phenoxy) is 2. The molecule has 0 radical (unpaired) electrons.